The van der Waals surface area contributed by atoms with E-state index in [1.165, 1.54) is 39.4 Å². The van der Waals surface area contributed by atoms with Crippen molar-refractivity contribution >= 4 is 21.9 Å². The Kier molecular flexibility index (Phi) is 7.14. The van der Waals surface area contributed by atoms with Crippen molar-refractivity contribution in [2.24, 2.45) is 0 Å². The molecule has 2 heterocycles. The van der Waals surface area contributed by atoms with Gasteiger partial charge in [0, 0.05) is 11.1 Å². The Morgan fingerprint density at radius 2 is 0.959 bits per heavy atom. The van der Waals surface area contributed by atoms with Crippen molar-refractivity contribution in [3.05, 3.63) is 182 Å². The molecule has 0 atom stereocenters. The lowest BCUT2D eigenvalue weighted by Crippen LogP contribution is -1.92. The lowest BCUT2D eigenvalue weighted by molar-refractivity contribution is 0.602. The summed E-state index contributed by atoms with van der Waals surface area (Å²) >= 11 is 0. The van der Waals surface area contributed by atoms with Gasteiger partial charge in [0.1, 0.15) is 5.52 Å². The van der Waals surface area contributed by atoms with Crippen molar-refractivity contribution in [3.8, 4) is 67.0 Å². The lowest BCUT2D eigenvalue weighted by Gasteiger charge is -2.16. The van der Waals surface area contributed by atoms with Gasteiger partial charge in [-0.15, -0.1) is 0 Å². The summed E-state index contributed by atoms with van der Waals surface area (Å²) in [5, 5.41) is 2.45. The van der Waals surface area contributed by atoms with E-state index < -0.39 is 0 Å². The van der Waals surface area contributed by atoms with E-state index in [0.717, 1.165) is 55.9 Å². The Morgan fingerprint density at radius 1 is 0.388 bits per heavy atom. The SMILES string of the molecule is c1ccc(-c2cc(-c3ccc(-c4ccc5ccccc5c4-c4ccc(-c5ccc6ocnc6c5)cc4)cc3)cc(-c3ccccc3)n2)cc1. The minimum Gasteiger partial charge on any atom is -0.443 e. The van der Waals surface area contributed by atoms with E-state index in [2.05, 4.69) is 163 Å². The summed E-state index contributed by atoms with van der Waals surface area (Å²) < 4.78 is 5.45. The van der Waals surface area contributed by atoms with E-state index in [9.17, 15) is 0 Å². The second-order valence-electron chi connectivity index (χ2n) is 12.3. The van der Waals surface area contributed by atoms with E-state index in [1.807, 2.05) is 18.2 Å². The summed E-state index contributed by atoms with van der Waals surface area (Å²) in [6.07, 6.45) is 1.49. The summed E-state index contributed by atoms with van der Waals surface area (Å²) in [4.78, 5) is 9.41. The largest absolute Gasteiger partial charge is 0.443 e. The number of hydrogen-bond acceptors (Lipinski definition) is 3. The maximum atomic E-state index is 5.45. The molecule has 0 aliphatic heterocycles. The van der Waals surface area contributed by atoms with Gasteiger partial charge in [-0.25, -0.2) is 9.97 Å². The molecule has 0 N–H and O–H groups in total. The van der Waals surface area contributed by atoms with E-state index >= 15 is 0 Å². The van der Waals surface area contributed by atoms with E-state index in [0.29, 0.717) is 0 Å². The zero-order chi connectivity index (χ0) is 32.6. The predicted molar refractivity (Wildman–Crippen MR) is 202 cm³/mol. The molecule has 9 rings (SSSR count). The Balaban J connectivity index is 1.12. The molecule has 0 saturated heterocycles. The van der Waals surface area contributed by atoms with Crippen molar-refractivity contribution in [1.82, 2.24) is 9.97 Å². The average Bonchev–Trinajstić information content (AvgIpc) is 3.66. The van der Waals surface area contributed by atoms with Gasteiger partial charge in [-0.2, -0.15) is 0 Å². The first kappa shape index (κ1) is 28.6. The van der Waals surface area contributed by atoms with Gasteiger partial charge < -0.3 is 4.42 Å². The highest BCUT2D eigenvalue weighted by atomic mass is 16.3. The van der Waals surface area contributed by atoms with Crippen LogP contribution in [0.15, 0.2) is 187 Å². The molecule has 3 nitrogen and oxygen atoms in total. The van der Waals surface area contributed by atoms with Gasteiger partial charge >= 0.3 is 0 Å². The molecule has 7 aromatic carbocycles. The Labute approximate surface area is 284 Å². The van der Waals surface area contributed by atoms with Crippen LogP contribution in [-0.4, -0.2) is 9.97 Å². The first-order chi connectivity index (χ1) is 24.3. The number of oxazole rings is 1. The minimum absolute atomic E-state index is 0.795. The van der Waals surface area contributed by atoms with Crippen LogP contribution >= 0.6 is 0 Å². The van der Waals surface area contributed by atoms with E-state index in [4.69, 9.17) is 9.40 Å². The predicted octanol–water partition coefficient (Wildman–Crippen LogP) is 12.4. The molecule has 9 aromatic rings. The maximum absolute atomic E-state index is 5.45. The second-order valence-corrected chi connectivity index (χ2v) is 12.3. The molecule has 0 aliphatic rings. The smallest absolute Gasteiger partial charge is 0.181 e. The third kappa shape index (κ3) is 5.48. The van der Waals surface area contributed by atoms with Crippen molar-refractivity contribution in [2.45, 2.75) is 0 Å². The molecule has 0 saturated carbocycles. The van der Waals surface area contributed by atoms with Crippen molar-refractivity contribution in [2.75, 3.05) is 0 Å². The molecule has 0 radical (unpaired) electrons. The number of benzene rings is 7. The highest BCUT2D eigenvalue weighted by Crippen LogP contribution is 2.40. The van der Waals surface area contributed by atoms with Crippen molar-refractivity contribution in [1.29, 1.82) is 0 Å². The zero-order valence-electron chi connectivity index (χ0n) is 26.6. The minimum atomic E-state index is 0.795. The van der Waals surface area contributed by atoms with Crippen LogP contribution in [0, 0.1) is 0 Å². The molecule has 230 valence electrons. The van der Waals surface area contributed by atoms with Crippen molar-refractivity contribution in [3.63, 3.8) is 0 Å². The third-order valence-corrected chi connectivity index (χ3v) is 9.26. The van der Waals surface area contributed by atoms with Crippen LogP contribution in [-0.2, 0) is 0 Å². The summed E-state index contributed by atoms with van der Waals surface area (Å²) in [6, 6.07) is 62.3. The molecule has 49 heavy (non-hydrogen) atoms. The van der Waals surface area contributed by atoms with Crippen molar-refractivity contribution < 1.29 is 4.42 Å². The van der Waals surface area contributed by atoms with Crippen LogP contribution in [0.2, 0.25) is 0 Å². The van der Waals surface area contributed by atoms with Gasteiger partial charge in [0.05, 0.1) is 11.4 Å². The van der Waals surface area contributed by atoms with Gasteiger partial charge in [0.2, 0.25) is 0 Å². The van der Waals surface area contributed by atoms with Gasteiger partial charge in [-0.3, -0.25) is 0 Å². The lowest BCUT2D eigenvalue weighted by atomic mass is 9.88. The quantitative estimate of drug-likeness (QED) is 0.184. The third-order valence-electron chi connectivity index (χ3n) is 9.26. The number of pyridine rings is 1. The fraction of sp³-hybridized carbons (Fsp3) is 0. The molecular formula is C46H30N2O. The van der Waals surface area contributed by atoms with Crippen LogP contribution in [0.4, 0.5) is 0 Å². The van der Waals surface area contributed by atoms with Crippen LogP contribution < -0.4 is 0 Å². The van der Waals surface area contributed by atoms with E-state index in [-0.39, 0.29) is 0 Å². The number of hydrogen-bond donors (Lipinski definition) is 0. The normalized spacial score (nSPS) is 11.3. The average molecular weight is 627 g/mol. The molecule has 0 aliphatic carbocycles. The van der Waals surface area contributed by atoms with Gasteiger partial charge in [0.15, 0.2) is 12.0 Å². The Hall–Kier alpha value is -6.58. The topological polar surface area (TPSA) is 38.9 Å². The first-order valence-corrected chi connectivity index (χ1v) is 16.5. The highest BCUT2D eigenvalue weighted by Gasteiger charge is 2.14. The molecule has 0 amide bonds. The Morgan fingerprint density at radius 3 is 1.65 bits per heavy atom. The first-order valence-electron chi connectivity index (χ1n) is 16.5. The second kappa shape index (κ2) is 12.2. The molecule has 2 aromatic heterocycles. The van der Waals surface area contributed by atoms with Crippen LogP contribution in [0.1, 0.15) is 0 Å². The maximum Gasteiger partial charge on any atom is 0.181 e. The molecule has 3 heteroatoms. The fourth-order valence-electron chi connectivity index (χ4n) is 6.74. The molecule has 0 spiro atoms. The highest BCUT2D eigenvalue weighted by molar-refractivity contribution is 6.04. The van der Waals surface area contributed by atoms with Crippen LogP contribution in [0.3, 0.4) is 0 Å². The summed E-state index contributed by atoms with van der Waals surface area (Å²) in [7, 11) is 0. The molecular weight excluding hydrogens is 597 g/mol. The number of fused-ring (bicyclic) bond motifs is 2. The number of rotatable bonds is 6. The molecule has 0 bridgehead atoms. The number of nitrogens with zero attached hydrogens (tertiary/aromatic N) is 2. The van der Waals surface area contributed by atoms with Gasteiger partial charge in [-0.05, 0) is 79.5 Å². The summed E-state index contributed by atoms with van der Waals surface area (Å²) in [6.45, 7) is 0. The molecule has 0 fully saturated rings. The van der Waals surface area contributed by atoms with Gasteiger partial charge in [-0.1, -0.05) is 152 Å². The van der Waals surface area contributed by atoms with Crippen LogP contribution in [0.25, 0.3) is 88.9 Å². The van der Waals surface area contributed by atoms with Gasteiger partial charge in [0.25, 0.3) is 0 Å². The van der Waals surface area contributed by atoms with E-state index in [1.54, 1.807) is 0 Å². The zero-order valence-corrected chi connectivity index (χ0v) is 26.6. The monoisotopic (exact) mass is 626 g/mol. The fourth-order valence-corrected chi connectivity index (χ4v) is 6.74. The Bertz CT molecular complexity index is 2510. The summed E-state index contributed by atoms with van der Waals surface area (Å²) in [5.74, 6) is 0. The number of aromatic nitrogens is 2. The standard InChI is InChI=1S/C46H30N2O/c1-3-10-35(11-4-1)42-28-39(29-43(48-42)36-12-5-2-6-13-36)32-15-19-34(20-16-32)41-25-23-33-9-7-8-14-40(33)46(41)37-21-17-31(18-22-37)38-24-26-45-44(27-38)47-30-49-45/h1-30H. The van der Waals surface area contributed by atoms with Crippen LogP contribution in [0.5, 0.6) is 0 Å². The summed E-state index contributed by atoms with van der Waals surface area (Å²) in [5.41, 5.74) is 15.1. The molecule has 0 unspecified atom stereocenters.